The first-order chi connectivity index (χ1) is 34.4. The number of nitrogens with zero attached hydrogens (tertiary/aromatic N) is 15. The molecule has 0 saturated carbocycles. The third-order valence-electron chi connectivity index (χ3n) is 12.9. The van der Waals surface area contributed by atoms with Crippen molar-refractivity contribution < 1.29 is 9.47 Å². The lowest BCUT2D eigenvalue weighted by Gasteiger charge is -2.30. The number of rotatable bonds is 5. The standard InChI is InChI=1S/C21H20N6.C18H19ClN6O.C10H10ClIN4O/c22-11-14-5-1-2-6-15(14)17-12-24-20-18(26-17)13-25-21(20)27-10-4-7-16-19(27)8-3-9-23-16;19-14-11-21-16-17(22-14)25(15-7-1-2-10-26-15)23-18(16)24-9-4-5-12-13(24)6-3-8-20-12;11-6-5-13-8-9(12)15-16(10(8)14-6)7-3-1-2-4-17-7/h1-3,5-6,8-9,12H,4,7,10-11,13,22H2;3,6,8,11,15H,1-2,4-5,7,9-10H2;5,7H,1-4H2. The highest BCUT2D eigenvalue weighted by Gasteiger charge is 2.31. The summed E-state index contributed by atoms with van der Waals surface area (Å²) in [5.74, 6) is 1.71. The molecule has 2 unspecified atom stereocenters. The molecule has 13 rings (SSSR count). The van der Waals surface area contributed by atoms with Crippen LogP contribution in [0.15, 0.2) is 84.5 Å². The van der Waals surface area contributed by atoms with Gasteiger partial charge in [-0.2, -0.15) is 5.10 Å². The van der Waals surface area contributed by atoms with Gasteiger partial charge in [-0.3, -0.25) is 15.0 Å². The van der Waals surface area contributed by atoms with E-state index in [-0.39, 0.29) is 12.5 Å². The molecular formula is C49H49Cl2IN16O2. The van der Waals surface area contributed by atoms with Gasteiger partial charge in [0.25, 0.3) is 0 Å². The first kappa shape index (κ1) is 46.5. The van der Waals surface area contributed by atoms with Crippen molar-refractivity contribution in [1.82, 2.24) is 59.4 Å². The van der Waals surface area contributed by atoms with Crippen LogP contribution in [0.2, 0.25) is 10.3 Å². The Morgan fingerprint density at radius 1 is 0.643 bits per heavy atom. The van der Waals surface area contributed by atoms with Gasteiger partial charge in [0, 0.05) is 50.8 Å². The highest BCUT2D eigenvalue weighted by Crippen LogP contribution is 2.38. The van der Waals surface area contributed by atoms with Crippen molar-refractivity contribution >= 4 is 91.1 Å². The zero-order valence-corrected chi connectivity index (χ0v) is 41.9. The van der Waals surface area contributed by atoms with Crippen LogP contribution in [-0.4, -0.2) is 91.6 Å². The quantitative estimate of drug-likeness (QED) is 0.160. The first-order valence-corrected chi connectivity index (χ1v) is 25.6. The molecule has 0 bridgehead atoms. The number of aromatic nitrogens is 12. The number of aliphatic imine (C=N–C) groups is 1. The zero-order valence-electron chi connectivity index (χ0n) is 38.2. The fourth-order valence-electron chi connectivity index (χ4n) is 9.61. The van der Waals surface area contributed by atoms with E-state index in [1.807, 2.05) is 59.7 Å². The predicted octanol–water partition coefficient (Wildman–Crippen LogP) is 9.15. The molecule has 5 aliphatic rings. The SMILES string of the molecule is Clc1cnc2c(I)nn(C3CCCCO3)c2n1.Clc1cnc2c(N3CCCc4ncccc43)nn(C3CCCCO3)c2n1.NCc1ccccc1-c1cnc2c(n1)CN=C2N1CCCc2ncccc21. The third-order valence-corrected chi connectivity index (χ3v) is 14.0. The van der Waals surface area contributed by atoms with Crippen LogP contribution < -0.4 is 15.5 Å². The Balaban J connectivity index is 0.000000117. The van der Waals surface area contributed by atoms with Gasteiger partial charge in [-0.15, -0.1) is 5.10 Å². The molecule has 0 amide bonds. The fraction of sp³-hybridized carbons (Fsp3) is 0.367. The van der Waals surface area contributed by atoms with E-state index < -0.39 is 0 Å². The smallest absolute Gasteiger partial charge is 0.183 e. The largest absolute Gasteiger partial charge is 0.356 e. The summed E-state index contributed by atoms with van der Waals surface area (Å²) in [6.45, 7) is 4.36. The Hall–Kier alpha value is -5.84. The Kier molecular flexibility index (Phi) is 13.9. The van der Waals surface area contributed by atoms with Crippen LogP contribution >= 0.6 is 45.8 Å². The van der Waals surface area contributed by atoms with Gasteiger partial charge in [-0.25, -0.2) is 39.3 Å². The van der Waals surface area contributed by atoms with Crippen LogP contribution in [0.1, 0.15) is 92.2 Å². The lowest BCUT2D eigenvalue weighted by Crippen LogP contribution is -2.36. The number of aryl methyl sites for hydroxylation is 2. The van der Waals surface area contributed by atoms with Crippen LogP contribution in [0.25, 0.3) is 33.6 Å². The number of amidine groups is 1. The van der Waals surface area contributed by atoms with E-state index in [0.29, 0.717) is 34.7 Å². The van der Waals surface area contributed by atoms with E-state index in [0.717, 1.165) is 168 Å². The predicted molar refractivity (Wildman–Crippen MR) is 276 cm³/mol. The molecule has 358 valence electrons. The number of nitrogens with two attached hydrogens (primary N) is 1. The van der Waals surface area contributed by atoms with Crippen LogP contribution in [0.5, 0.6) is 0 Å². The van der Waals surface area contributed by atoms with Gasteiger partial charge < -0.3 is 25.0 Å². The molecule has 7 aromatic heterocycles. The van der Waals surface area contributed by atoms with Gasteiger partial charge in [-0.05, 0) is 117 Å². The molecule has 18 nitrogen and oxygen atoms in total. The molecule has 2 saturated heterocycles. The first-order valence-electron chi connectivity index (χ1n) is 23.7. The maximum absolute atomic E-state index is 6.13. The van der Waals surface area contributed by atoms with Crippen molar-refractivity contribution in [1.29, 1.82) is 0 Å². The van der Waals surface area contributed by atoms with E-state index in [1.54, 1.807) is 17.1 Å². The number of pyridine rings is 2. The molecular weight excluding hydrogens is 1040 g/mol. The average molecular weight is 1090 g/mol. The van der Waals surface area contributed by atoms with E-state index in [1.165, 1.54) is 0 Å². The molecule has 1 aromatic carbocycles. The summed E-state index contributed by atoms with van der Waals surface area (Å²) in [6.07, 6.45) is 18.9. The van der Waals surface area contributed by atoms with Crippen molar-refractivity contribution in [3.8, 4) is 11.3 Å². The highest BCUT2D eigenvalue weighted by atomic mass is 127. The fourth-order valence-corrected chi connectivity index (χ4v) is 10.5. The van der Waals surface area contributed by atoms with E-state index in [2.05, 4.69) is 79.5 Å². The molecule has 21 heteroatoms. The lowest BCUT2D eigenvalue weighted by atomic mass is 10.0. The Morgan fingerprint density at radius 2 is 1.27 bits per heavy atom. The van der Waals surface area contributed by atoms with Crippen LogP contribution in [0.4, 0.5) is 17.2 Å². The van der Waals surface area contributed by atoms with Crippen molar-refractivity contribution in [3.63, 3.8) is 0 Å². The van der Waals surface area contributed by atoms with E-state index >= 15 is 0 Å². The molecule has 2 atom stereocenters. The van der Waals surface area contributed by atoms with E-state index in [4.69, 9.17) is 58.5 Å². The maximum atomic E-state index is 6.13. The second-order valence-electron chi connectivity index (χ2n) is 17.4. The molecule has 0 spiro atoms. The Morgan fingerprint density at radius 3 is 1.94 bits per heavy atom. The third kappa shape index (κ3) is 9.41. The van der Waals surface area contributed by atoms with Crippen LogP contribution in [0.3, 0.4) is 0 Å². The van der Waals surface area contributed by atoms with Gasteiger partial charge >= 0.3 is 0 Å². The molecule has 70 heavy (non-hydrogen) atoms. The normalized spacial score (nSPS) is 18.5. The molecule has 2 fully saturated rings. The minimum atomic E-state index is -0.120. The van der Waals surface area contributed by atoms with Gasteiger partial charge in [0.1, 0.15) is 21.5 Å². The van der Waals surface area contributed by atoms with Gasteiger partial charge in [0.2, 0.25) is 0 Å². The average Bonchev–Trinajstić information content (AvgIpc) is 4.11. The van der Waals surface area contributed by atoms with E-state index in [9.17, 15) is 0 Å². The highest BCUT2D eigenvalue weighted by molar-refractivity contribution is 14.1. The summed E-state index contributed by atoms with van der Waals surface area (Å²) in [6, 6.07) is 16.2. The van der Waals surface area contributed by atoms with Gasteiger partial charge in [-0.1, -0.05) is 47.5 Å². The number of hydrogen-bond donors (Lipinski definition) is 1. The number of hydrogen-bond acceptors (Lipinski definition) is 16. The van der Waals surface area contributed by atoms with Crippen molar-refractivity contribution in [2.45, 2.75) is 89.8 Å². The lowest BCUT2D eigenvalue weighted by molar-refractivity contribution is -0.0372. The summed E-state index contributed by atoms with van der Waals surface area (Å²) in [5.41, 5.74) is 18.0. The summed E-state index contributed by atoms with van der Waals surface area (Å²) in [5, 5.41) is 10.1. The van der Waals surface area contributed by atoms with Crippen LogP contribution in [-0.2, 0) is 35.4 Å². The van der Waals surface area contributed by atoms with Gasteiger partial charge in [0.05, 0.1) is 59.3 Å². The minimum absolute atomic E-state index is 0.0393. The number of anilines is 3. The second-order valence-corrected chi connectivity index (χ2v) is 19.2. The minimum Gasteiger partial charge on any atom is -0.356 e. The molecule has 5 aliphatic heterocycles. The van der Waals surface area contributed by atoms with Gasteiger partial charge in [0.15, 0.2) is 44.6 Å². The molecule has 0 radical (unpaired) electrons. The molecule has 0 aliphatic carbocycles. The summed E-state index contributed by atoms with van der Waals surface area (Å²) < 4.78 is 16.1. The number of halogens is 3. The Labute approximate surface area is 427 Å². The molecule has 8 aromatic rings. The summed E-state index contributed by atoms with van der Waals surface area (Å²) in [7, 11) is 0. The number of benzene rings is 1. The zero-order chi connectivity index (χ0) is 47.6. The maximum Gasteiger partial charge on any atom is 0.183 e. The monoisotopic (exact) mass is 1090 g/mol. The van der Waals surface area contributed by atoms with Crippen molar-refractivity contribution in [2.24, 2.45) is 10.7 Å². The summed E-state index contributed by atoms with van der Waals surface area (Å²) in [4.78, 5) is 45.4. The topological polar surface area (TPSA) is 202 Å². The van der Waals surface area contributed by atoms with Crippen molar-refractivity contribution in [2.75, 3.05) is 36.1 Å². The Bertz CT molecular complexity index is 3210. The molecule has 12 heterocycles. The molecule has 2 N–H and O–H groups in total. The number of ether oxygens (including phenoxy) is 2. The van der Waals surface area contributed by atoms with Crippen LogP contribution in [0, 0.1) is 3.70 Å². The second kappa shape index (κ2) is 20.9. The summed E-state index contributed by atoms with van der Waals surface area (Å²) >= 11 is 14.2. The van der Waals surface area contributed by atoms with Crippen molar-refractivity contribution in [3.05, 3.63) is 122 Å². The number of fused-ring (bicyclic) bond motifs is 5.